The fourth-order valence-corrected chi connectivity index (χ4v) is 7.97. The molecule has 0 spiro atoms. The molecule has 140 valence electrons. The maximum absolute atomic E-state index is 12.7. The van der Waals surface area contributed by atoms with E-state index < -0.39 is 0 Å². The smallest absolute Gasteiger partial charge is 0.136 e. The van der Waals surface area contributed by atoms with E-state index in [2.05, 4.69) is 33.8 Å². The van der Waals surface area contributed by atoms with Gasteiger partial charge in [0.2, 0.25) is 0 Å². The second-order valence-electron chi connectivity index (χ2n) is 10.5. The van der Waals surface area contributed by atoms with Crippen molar-refractivity contribution >= 4 is 5.78 Å². The van der Waals surface area contributed by atoms with E-state index in [9.17, 15) is 9.90 Å². The Labute approximate surface area is 153 Å². The number of ketones is 1. The van der Waals surface area contributed by atoms with Gasteiger partial charge < -0.3 is 5.11 Å². The highest BCUT2D eigenvalue weighted by Gasteiger charge is 2.66. The Balaban J connectivity index is 1.72. The number of allylic oxidation sites excluding steroid dienone is 1. The van der Waals surface area contributed by atoms with Gasteiger partial charge in [0, 0.05) is 5.41 Å². The number of hydrogen-bond acceptors (Lipinski definition) is 2. The summed E-state index contributed by atoms with van der Waals surface area (Å²) in [6.45, 7) is 11.3. The molecule has 8 atom stereocenters. The van der Waals surface area contributed by atoms with Crippen molar-refractivity contribution in [2.75, 3.05) is 0 Å². The number of aliphatic hydroxyl groups excluding tert-OH is 1. The quantitative estimate of drug-likeness (QED) is 0.668. The molecule has 3 fully saturated rings. The molecule has 2 heteroatoms. The SMILES string of the molecule is CC(=O)[C@@]1(C)[C@H](C)CC2C3CC=C4CC(O)CC[C@]4(C)C3CC[C@@]21C. The Morgan fingerprint density at radius 1 is 1.16 bits per heavy atom. The number of Topliss-reactive ketones (excluding diaryl/α,β-unsaturated/α-hetero) is 1. The number of carbonyl (C=O) groups is 1. The third-order valence-electron chi connectivity index (χ3n) is 9.98. The topological polar surface area (TPSA) is 37.3 Å². The fraction of sp³-hybridized carbons (Fsp3) is 0.870. The lowest BCUT2D eigenvalue weighted by Crippen LogP contribution is -2.53. The second-order valence-corrected chi connectivity index (χ2v) is 10.5. The van der Waals surface area contributed by atoms with E-state index in [1.165, 1.54) is 31.3 Å². The van der Waals surface area contributed by atoms with E-state index >= 15 is 0 Å². The standard InChI is InChI=1S/C23H36O2/c1-14-12-20-18-7-6-16-13-17(25)8-10-21(16,3)19(18)9-11-22(20,4)23(14,5)15(2)24/h6,14,17-20,25H,7-13H2,1-5H3/t14-,17?,18?,19?,20?,21+,22+,23-/m1/s1. The van der Waals surface area contributed by atoms with E-state index in [1.807, 2.05) is 6.92 Å². The minimum absolute atomic E-state index is 0.128. The number of rotatable bonds is 1. The summed E-state index contributed by atoms with van der Waals surface area (Å²) in [5.41, 5.74) is 1.84. The summed E-state index contributed by atoms with van der Waals surface area (Å²) >= 11 is 0. The number of hydrogen-bond donors (Lipinski definition) is 1. The average Bonchev–Trinajstić information content (AvgIpc) is 2.77. The van der Waals surface area contributed by atoms with Crippen molar-refractivity contribution in [2.24, 2.45) is 39.9 Å². The Hall–Kier alpha value is -0.630. The van der Waals surface area contributed by atoms with Crippen molar-refractivity contribution in [3.8, 4) is 0 Å². The van der Waals surface area contributed by atoms with Crippen LogP contribution in [0.2, 0.25) is 0 Å². The molecule has 4 aliphatic rings. The van der Waals surface area contributed by atoms with Gasteiger partial charge in [0.1, 0.15) is 5.78 Å². The monoisotopic (exact) mass is 344 g/mol. The van der Waals surface area contributed by atoms with Gasteiger partial charge >= 0.3 is 0 Å². The van der Waals surface area contributed by atoms with Gasteiger partial charge in [-0.3, -0.25) is 4.79 Å². The first kappa shape index (κ1) is 17.8. The first-order valence-electron chi connectivity index (χ1n) is 10.5. The molecular formula is C23H36O2. The summed E-state index contributed by atoms with van der Waals surface area (Å²) in [7, 11) is 0. The summed E-state index contributed by atoms with van der Waals surface area (Å²) in [5.74, 6) is 3.05. The molecule has 1 N–H and O–H groups in total. The van der Waals surface area contributed by atoms with Crippen LogP contribution in [-0.2, 0) is 4.79 Å². The zero-order chi connectivity index (χ0) is 18.2. The summed E-state index contributed by atoms with van der Waals surface area (Å²) < 4.78 is 0. The summed E-state index contributed by atoms with van der Waals surface area (Å²) in [6, 6.07) is 0. The first-order valence-corrected chi connectivity index (χ1v) is 10.5. The third-order valence-corrected chi connectivity index (χ3v) is 9.98. The van der Waals surface area contributed by atoms with Gasteiger partial charge in [-0.25, -0.2) is 0 Å². The molecule has 2 nitrogen and oxygen atoms in total. The lowest BCUT2D eigenvalue weighted by atomic mass is 9.45. The van der Waals surface area contributed by atoms with Gasteiger partial charge in [-0.2, -0.15) is 0 Å². The van der Waals surface area contributed by atoms with Crippen molar-refractivity contribution in [2.45, 2.75) is 85.7 Å². The van der Waals surface area contributed by atoms with Gasteiger partial charge in [0.25, 0.3) is 0 Å². The van der Waals surface area contributed by atoms with Crippen LogP contribution in [0.25, 0.3) is 0 Å². The van der Waals surface area contributed by atoms with Crippen LogP contribution < -0.4 is 0 Å². The third kappa shape index (κ3) is 2.10. The van der Waals surface area contributed by atoms with Crippen LogP contribution in [0.15, 0.2) is 11.6 Å². The molecule has 4 unspecified atom stereocenters. The predicted molar refractivity (Wildman–Crippen MR) is 101 cm³/mol. The molecule has 0 heterocycles. The van der Waals surface area contributed by atoms with Crippen LogP contribution in [0.1, 0.15) is 79.6 Å². The van der Waals surface area contributed by atoms with Crippen molar-refractivity contribution < 1.29 is 9.90 Å². The molecule has 0 aromatic heterocycles. The zero-order valence-corrected chi connectivity index (χ0v) is 16.8. The Kier molecular flexibility index (Phi) is 3.87. The van der Waals surface area contributed by atoms with Gasteiger partial charge in [0.15, 0.2) is 0 Å². The van der Waals surface area contributed by atoms with E-state index in [4.69, 9.17) is 0 Å². The molecule has 25 heavy (non-hydrogen) atoms. The molecule has 0 aliphatic heterocycles. The molecule has 3 saturated carbocycles. The minimum atomic E-state index is -0.156. The Bertz CT molecular complexity index is 622. The van der Waals surface area contributed by atoms with Crippen molar-refractivity contribution in [1.82, 2.24) is 0 Å². The highest BCUT2D eigenvalue weighted by atomic mass is 16.3. The molecule has 0 radical (unpaired) electrons. The largest absolute Gasteiger partial charge is 0.393 e. The first-order chi connectivity index (χ1) is 11.6. The van der Waals surface area contributed by atoms with Crippen LogP contribution in [0.4, 0.5) is 0 Å². The molecule has 0 bridgehead atoms. The van der Waals surface area contributed by atoms with Crippen LogP contribution in [0.3, 0.4) is 0 Å². The van der Waals surface area contributed by atoms with Gasteiger partial charge in [0.05, 0.1) is 6.10 Å². The van der Waals surface area contributed by atoms with Crippen LogP contribution in [0.5, 0.6) is 0 Å². The number of aliphatic hydroxyl groups is 1. The van der Waals surface area contributed by atoms with E-state index in [1.54, 1.807) is 0 Å². The lowest BCUT2D eigenvalue weighted by Gasteiger charge is -2.59. The number of fused-ring (bicyclic) bond motifs is 5. The van der Waals surface area contributed by atoms with Gasteiger partial charge in [-0.15, -0.1) is 0 Å². The molecule has 0 amide bonds. The van der Waals surface area contributed by atoms with E-state index in [-0.39, 0.29) is 16.9 Å². The Morgan fingerprint density at radius 3 is 2.56 bits per heavy atom. The highest BCUT2D eigenvalue weighted by molar-refractivity contribution is 5.83. The van der Waals surface area contributed by atoms with Crippen LogP contribution in [0, 0.1) is 39.9 Å². The summed E-state index contributed by atoms with van der Waals surface area (Å²) in [4.78, 5) is 12.7. The van der Waals surface area contributed by atoms with E-state index in [0.717, 1.165) is 31.1 Å². The number of carbonyl (C=O) groups excluding carboxylic acids is 1. The molecular weight excluding hydrogens is 308 g/mol. The van der Waals surface area contributed by atoms with Crippen molar-refractivity contribution in [3.63, 3.8) is 0 Å². The second kappa shape index (κ2) is 5.44. The molecule has 0 aromatic carbocycles. The molecule has 4 aliphatic carbocycles. The predicted octanol–water partition coefficient (Wildman–Crippen LogP) is 5.15. The summed E-state index contributed by atoms with van der Waals surface area (Å²) in [5, 5.41) is 10.1. The van der Waals surface area contributed by atoms with Crippen molar-refractivity contribution in [3.05, 3.63) is 11.6 Å². The lowest BCUT2D eigenvalue weighted by molar-refractivity contribution is -0.140. The Morgan fingerprint density at radius 2 is 1.88 bits per heavy atom. The van der Waals surface area contributed by atoms with Gasteiger partial charge in [-0.1, -0.05) is 39.3 Å². The fourth-order valence-electron chi connectivity index (χ4n) is 7.97. The normalized spacial score (nSPS) is 55.0. The zero-order valence-electron chi connectivity index (χ0n) is 16.8. The highest BCUT2D eigenvalue weighted by Crippen LogP contribution is 2.71. The van der Waals surface area contributed by atoms with Gasteiger partial charge in [-0.05, 0) is 86.4 Å². The molecule has 0 saturated heterocycles. The maximum Gasteiger partial charge on any atom is 0.136 e. The average molecular weight is 345 g/mol. The molecule has 4 rings (SSSR count). The molecule has 0 aromatic rings. The van der Waals surface area contributed by atoms with Crippen molar-refractivity contribution in [1.29, 1.82) is 0 Å². The van der Waals surface area contributed by atoms with Crippen LogP contribution >= 0.6 is 0 Å². The van der Waals surface area contributed by atoms with E-state index in [0.29, 0.717) is 23.0 Å². The summed E-state index contributed by atoms with van der Waals surface area (Å²) in [6.07, 6.45) is 10.2. The maximum atomic E-state index is 12.7. The minimum Gasteiger partial charge on any atom is -0.393 e. The van der Waals surface area contributed by atoms with Crippen LogP contribution in [-0.4, -0.2) is 17.0 Å².